The third-order valence-electron chi connectivity index (χ3n) is 5.93. The maximum absolute atomic E-state index is 11.2. The Kier molecular flexibility index (Phi) is 7.74. The summed E-state index contributed by atoms with van der Waals surface area (Å²) in [5.41, 5.74) is 3.10. The fraction of sp³-hybridized carbons (Fsp3) is 0.267. The zero-order chi connectivity index (χ0) is 25.5. The molecule has 0 aliphatic rings. The van der Waals surface area contributed by atoms with E-state index in [1.807, 2.05) is 25.1 Å². The number of aliphatic carboxylic acids is 1. The molecule has 0 radical (unpaired) electrons. The molecular weight excluding hydrogens is 454 g/mol. The Morgan fingerprint density at radius 1 is 0.889 bits per heavy atom. The molecule has 4 aromatic rings. The lowest BCUT2D eigenvalue weighted by atomic mass is 10.0. The predicted molar refractivity (Wildman–Crippen MR) is 139 cm³/mol. The molecule has 36 heavy (non-hydrogen) atoms. The van der Waals surface area contributed by atoms with Crippen molar-refractivity contribution in [3.63, 3.8) is 0 Å². The molecular formula is C30H31NO5. The van der Waals surface area contributed by atoms with E-state index in [1.165, 1.54) is 25.0 Å². The van der Waals surface area contributed by atoms with Gasteiger partial charge >= 0.3 is 5.97 Å². The number of oxazole rings is 1. The Hall–Kier alpha value is -4.06. The van der Waals surface area contributed by atoms with Crippen molar-refractivity contribution in [2.24, 2.45) is 0 Å². The monoisotopic (exact) mass is 485 g/mol. The Morgan fingerprint density at radius 3 is 2.28 bits per heavy atom. The molecule has 0 atom stereocenters. The van der Waals surface area contributed by atoms with Gasteiger partial charge in [0.25, 0.3) is 0 Å². The van der Waals surface area contributed by atoms with Crippen molar-refractivity contribution in [2.45, 2.75) is 45.6 Å². The molecule has 4 rings (SSSR count). The molecule has 186 valence electrons. The van der Waals surface area contributed by atoms with Gasteiger partial charge in [0.15, 0.2) is 5.60 Å². The summed E-state index contributed by atoms with van der Waals surface area (Å²) < 4.78 is 17.3. The van der Waals surface area contributed by atoms with Crippen molar-refractivity contribution in [1.29, 1.82) is 0 Å². The van der Waals surface area contributed by atoms with Crippen molar-refractivity contribution in [3.8, 4) is 23.0 Å². The van der Waals surface area contributed by atoms with Crippen LogP contribution in [0, 0.1) is 6.92 Å². The molecule has 0 spiro atoms. The largest absolute Gasteiger partial charge is 0.493 e. The van der Waals surface area contributed by atoms with E-state index in [1.54, 1.807) is 24.3 Å². The number of hydrogen-bond acceptors (Lipinski definition) is 5. The summed E-state index contributed by atoms with van der Waals surface area (Å²) >= 11 is 0. The van der Waals surface area contributed by atoms with Crippen molar-refractivity contribution in [2.75, 3.05) is 6.61 Å². The summed E-state index contributed by atoms with van der Waals surface area (Å²) in [5.74, 6) is 1.51. The molecule has 0 fully saturated rings. The van der Waals surface area contributed by atoms with E-state index in [0.717, 1.165) is 29.9 Å². The van der Waals surface area contributed by atoms with Gasteiger partial charge in [0.05, 0.1) is 12.3 Å². The van der Waals surface area contributed by atoms with Crippen molar-refractivity contribution < 1.29 is 23.8 Å². The van der Waals surface area contributed by atoms with Gasteiger partial charge in [-0.25, -0.2) is 9.78 Å². The molecule has 6 heteroatoms. The lowest BCUT2D eigenvalue weighted by molar-refractivity contribution is -0.152. The average molecular weight is 486 g/mol. The highest BCUT2D eigenvalue weighted by atomic mass is 16.5. The van der Waals surface area contributed by atoms with Crippen LogP contribution in [0.5, 0.6) is 11.5 Å². The maximum atomic E-state index is 11.2. The minimum absolute atomic E-state index is 0.435. The van der Waals surface area contributed by atoms with Gasteiger partial charge in [-0.05, 0) is 81.1 Å². The molecule has 1 heterocycles. The van der Waals surface area contributed by atoms with Crippen LogP contribution in [0.3, 0.4) is 0 Å². The smallest absolute Gasteiger partial charge is 0.347 e. The van der Waals surface area contributed by atoms with Gasteiger partial charge < -0.3 is 19.0 Å². The SMILES string of the molecule is Cc1oc(-c2cccc(CCc3ccccc3)c2)nc1CCOc1ccc(OC(C)(C)C(=O)O)cc1. The summed E-state index contributed by atoms with van der Waals surface area (Å²) in [6.45, 7) is 5.37. The fourth-order valence-corrected chi connectivity index (χ4v) is 3.78. The van der Waals surface area contributed by atoms with E-state index < -0.39 is 11.6 Å². The molecule has 6 nitrogen and oxygen atoms in total. The van der Waals surface area contributed by atoms with Gasteiger partial charge in [-0.3, -0.25) is 0 Å². The second-order valence-corrected chi connectivity index (χ2v) is 9.20. The van der Waals surface area contributed by atoms with E-state index in [-0.39, 0.29) is 0 Å². The lowest BCUT2D eigenvalue weighted by Gasteiger charge is -2.21. The maximum Gasteiger partial charge on any atom is 0.347 e. The second-order valence-electron chi connectivity index (χ2n) is 9.20. The molecule has 0 aliphatic heterocycles. The zero-order valence-corrected chi connectivity index (χ0v) is 20.9. The van der Waals surface area contributed by atoms with Crippen LogP contribution in [0.4, 0.5) is 0 Å². The number of rotatable bonds is 11. The topological polar surface area (TPSA) is 81.8 Å². The van der Waals surface area contributed by atoms with E-state index in [4.69, 9.17) is 18.9 Å². The summed E-state index contributed by atoms with van der Waals surface area (Å²) in [6.07, 6.45) is 2.55. The van der Waals surface area contributed by atoms with Gasteiger partial charge in [0, 0.05) is 12.0 Å². The first-order valence-corrected chi connectivity index (χ1v) is 12.0. The minimum atomic E-state index is -1.30. The number of carboxylic acids is 1. The molecule has 1 N–H and O–H groups in total. The molecule has 0 saturated carbocycles. The molecule has 0 bridgehead atoms. The highest BCUT2D eigenvalue weighted by molar-refractivity contribution is 5.76. The van der Waals surface area contributed by atoms with E-state index in [9.17, 15) is 9.90 Å². The second kappa shape index (κ2) is 11.1. The average Bonchev–Trinajstić information content (AvgIpc) is 3.25. The number of nitrogens with zero attached hydrogens (tertiary/aromatic N) is 1. The van der Waals surface area contributed by atoms with Gasteiger partial charge in [0.1, 0.15) is 17.3 Å². The van der Waals surface area contributed by atoms with Gasteiger partial charge in [-0.2, -0.15) is 0 Å². The van der Waals surface area contributed by atoms with Crippen molar-refractivity contribution >= 4 is 5.97 Å². The van der Waals surface area contributed by atoms with E-state index in [0.29, 0.717) is 30.4 Å². The van der Waals surface area contributed by atoms with Gasteiger partial charge in [-0.15, -0.1) is 0 Å². The minimum Gasteiger partial charge on any atom is -0.493 e. The highest BCUT2D eigenvalue weighted by Crippen LogP contribution is 2.25. The van der Waals surface area contributed by atoms with Gasteiger partial charge in [0.2, 0.25) is 5.89 Å². The third kappa shape index (κ3) is 6.54. The van der Waals surface area contributed by atoms with Crippen LogP contribution < -0.4 is 9.47 Å². The number of aromatic nitrogens is 1. The first kappa shape index (κ1) is 25.0. The van der Waals surface area contributed by atoms with Crippen molar-refractivity contribution in [1.82, 2.24) is 4.98 Å². The molecule has 0 amide bonds. The Bertz CT molecular complexity index is 1290. The predicted octanol–water partition coefficient (Wildman–Crippen LogP) is 6.30. The first-order valence-electron chi connectivity index (χ1n) is 12.0. The summed E-state index contributed by atoms with van der Waals surface area (Å²) in [7, 11) is 0. The van der Waals surface area contributed by atoms with Crippen LogP contribution >= 0.6 is 0 Å². The Morgan fingerprint density at radius 2 is 1.56 bits per heavy atom. The summed E-state index contributed by atoms with van der Waals surface area (Å²) in [5, 5.41) is 9.20. The standard InChI is InChI=1S/C30H31NO5/c1-21-27(18-19-34-25-14-16-26(17-15-25)36-30(2,3)29(32)33)31-28(35-21)24-11-7-10-23(20-24)13-12-22-8-5-4-6-9-22/h4-11,14-17,20H,12-13,18-19H2,1-3H3,(H,32,33). The highest BCUT2D eigenvalue weighted by Gasteiger charge is 2.29. The summed E-state index contributed by atoms with van der Waals surface area (Å²) in [6, 6.07) is 25.7. The van der Waals surface area contributed by atoms with Crippen LogP contribution in [0.25, 0.3) is 11.5 Å². The van der Waals surface area contributed by atoms with Crippen LogP contribution in [-0.2, 0) is 24.1 Å². The molecule has 0 unspecified atom stereocenters. The Labute approximate surface area is 211 Å². The van der Waals surface area contributed by atoms with E-state index in [2.05, 4.69) is 36.4 Å². The number of benzene rings is 3. The molecule has 3 aromatic carbocycles. The van der Waals surface area contributed by atoms with Crippen LogP contribution in [-0.4, -0.2) is 28.3 Å². The van der Waals surface area contributed by atoms with Crippen LogP contribution in [0.1, 0.15) is 36.4 Å². The number of carboxylic acid groups (broad SMARTS) is 1. The molecule has 1 aromatic heterocycles. The van der Waals surface area contributed by atoms with Gasteiger partial charge in [-0.1, -0.05) is 42.5 Å². The number of ether oxygens (including phenoxy) is 2. The van der Waals surface area contributed by atoms with Crippen molar-refractivity contribution in [3.05, 3.63) is 101 Å². The van der Waals surface area contributed by atoms with E-state index >= 15 is 0 Å². The molecule has 0 saturated heterocycles. The number of carbonyl (C=O) groups is 1. The van der Waals surface area contributed by atoms with Crippen LogP contribution in [0.15, 0.2) is 83.3 Å². The first-order chi connectivity index (χ1) is 17.3. The normalized spacial score (nSPS) is 11.3. The number of aryl methyl sites for hydroxylation is 3. The lowest BCUT2D eigenvalue weighted by Crippen LogP contribution is -2.37. The zero-order valence-electron chi connectivity index (χ0n) is 20.9. The van der Waals surface area contributed by atoms with Crippen LogP contribution in [0.2, 0.25) is 0 Å². The number of hydrogen-bond donors (Lipinski definition) is 1. The fourth-order valence-electron chi connectivity index (χ4n) is 3.78. The quantitative estimate of drug-likeness (QED) is 0.269. The molecule has 0 aliphatic carbocycles. The Balaban J connectivity index is 1.32. The summed E-state index contributed by atoms with van der Waals surface area (Å²) in [4.78, 5) is 15.9. The third-order valence-corrected chi connectivity index (χ3v) is 5.93.